The predicted octanol–water partition coefficient (Wildman–Crippen LogP) is 5.61. The van der Waals surface area contributed by atoms with Gasteiger partial charge in [-0.25, -0.2) is 0 Å². The van der Waals surface area contributed by atoms with Gasteiger partial charge in [0, 0.05) is 5.57 Å². The summed E-state index contributed by atoms with van der Waals surface area (Å²) in [4.78, 5) is 11.7. The van der Waals surface area contributed by atoms with Crippen molar-refractivity contribution >= 4 is 5.91 Å². The van der Waals surface area contributed by atoms with Crippen LogP contribution in [0.2, 0.25) is 0 Å². The van der Waals surface area contributed by atoms with Gasteiger partial charge >= 0.3 is 0 Å². The van der Waals surface area contributed by atoms with E-state index in [1.54, 1.807) is 0 Å². The molecule has 2 unspecified atom stereocenters. The summed E-state index contributed by atoms with van der Waals surface area (Å²) in [6.07, 6.45) is 13.8. The maximum Gasteiger partial charge on any atom is 0.244 e. The van der Waals surface area contributed by atoms with E-state index in [0.717, 1.165) is 24.8 Å². The molecule has 0 aromatic carbocycles. The third kappa shape index (κ3) is 9.71. The van der Waals surface area contributed by atoms with Gasteiger partial charge in [0.1, 0.15) is 0 Å². The Hall–Kier alpha value is -0.790. The summed E-state index contributed by atoms with van der Waals surface area (Å²) in [5.41, 5.74) is 6.46. The minimum Gasteiger partial charge on any atom is -0.366 e. The fraction of sp³-hybridized carbons (Fsp3) is 0.842. The fourth-order valence-electron chi connectivity index (χ4n) is 2.83. The van der Waals surface area contributed by atoms with Crippen LogP contribution in [0.1, 0.15) is 91.9 Å². The zero-order valence-corrected chi connectivity index (χ0v) is 14.8. The molecule has 0 aliphatic carbocycles. The highest BCUT2D eigenvalue weighted by Crippen LogP contribution is 2.24. The number of nitrogens with two attached hydrogens (primary N) is 1. The number of rotatable bonds is 13. The molecule has 0 saturated carbocycles. The molecule has 0 aliphatic rings. The number of allylic oxidation sites excluding steroid dienone is 1. The molecular formula is C19H37NO. The van der Waals surface area contributed by atoms with E-state index in [2.05, 4.69) is 33.8 Å². The molecule has 124 valence electrons. The molecule has 0 heterocycles. The van der Waals surface area contributed by atoms with Crippen molar-refractivity contribution in [2.24, 2.45) is 17.6 Å². The largest absolute Gasteiger partial charge is 0.366 e. The first-order chi connectivity index (χ1) is 10.1. The van der Waals surface area contributed by atoms with Gasteiger partial charge in [0.25, 0.3) is 0 Å². The zero-order chi connectivity index (χ0) is 16.1. The van der Waals surface area contributed by atoms with Crippen LogP contribution in [0.15, 0.2) is 11.6 Å². The number of unbranched alkanes of at least 4 members (excludes halogenated alkanes) is 2. The van der Waals surface area contributed by atoms with Gasteiger partial charge in [-0.1, -0.05) is 85.1 Å². The lowest BCUT2D eigenvalue weighted by molar-refractivity contribution is -0.114. The van der Waals surface area contributed by atoms with Crippen molar-refractivity contribution in [3.63, 3.8) is 0 Å². The Morgan fingerprint density at radius 1 is 0.952 bits per heavy atom. The molecular weight excluding hydrogens is 258 g/mol. The van der Waals surface area contributed by atoms with Gasteiger partial charge in [0.05, 0.1) is 0 Å². The molecule has 0 spiro atoms. The molecule has 0 rings (SSSR count). The topological polar surface area (TPSA) is 43.1 Å². The van der Waals surface area contributed by atoms with E-state index in [0.29, 0.717) is 11.8 Å². The van der Waals surface area contributed by atoms with Gasteiger partial charge < -0.3 is 5.73 Å². The number of hydrogen-bond acceptors (Lipinski definition) is 1. The molecule has 0 radical (unpaired) electrons. The minimum atomic E-state index is -0.213. The first-order valence-electron chi connectivity index (χ1n) is 9.07. The fourth-order valence-corrected chi connectivity index (χ4v) is 2.83. The lowest BCUT2D eigenvalue weighted by Crippen LogP contribution is -2.17. The van der Waals surface area contributed by atoms with Gasteiger partial charge in [-0.3, -0.25) is 4.79 Å². The van der Waals surface area contributed by atoms with Crippen molar-refractivity contribution in [3.8, 4) is 0 Å². The van der Waals surface area contributed by atoms with Gasteiger partial charge in [-0.2, -0.15) is 0 Å². The predicted molar refractivity (Wildman–Crippen MR) is 93.1 cm³/mol. The van der Waals surface area contributed by atoms with E-state index in [1.165, 1.54) is 44.9 Å². The molecule has 0 fully saturated rings. The van der Waals surface area contributed by atoms with Crippen molar-refractivity contribution in [1.29, 1.82) is 0 Å². The summed E-state index contributed by atoms with van der Waals surface area (Å²) in [6, 6.07) is 0. The highest BCUT2D eigenvalue weighted by molar-refractivity contribution is 5.91. The summed E-state index contributed by atoms with van der Waals surface area (Å²) < 4.78 is 0. The Morgan fingerprint density at radius 3 is 1.90 bits per heavy atom. The average molecular weight is 296 g/mol. The standard InChI is InChI=1S/C19H37NO/c1-5-9-11-16(7-3)13-14-18(19(20)21)15-17(8-4)12-10-6-2/h14,16-17H,5-13,15H2,1-4H3,(H2,20,21). The molecule has 0 bridgehead atoms. The molecule has 2 N–H and O–H groups in total. The van der Waals surface area contributed by atoms with Crippen molar-refractivity contribution < 1.29 is 4.79 Å². The average Bonchev–Trinajstić information content (AvgIpc) is 2.49. The van der Waals surface area contributed by atoms with E-state index in [9.17, 15) is 4.79 Å². The van der Waals surface area contributed by atoms with Crippen LogP contribution in [0, 0.1) is 11.8 Å². The van der Waals surface area contributed by atoms with E-state index < -0.39 is 0 Å². The number of hydrogen-bond donors (Lipinski definition) is 1. The second kappa shape index (κ2) is 12.9. The van der Waals surface area contributed by atoms with Gasteiger partial charge in [-0.15, -0.1) is 0 Å². The van der Waals surface area contributed by atoms with Crippen LogP contribution in [0.4, 0.5) is 0 Å². The minimum absolute atomic E-state index is 0.213. The molecule has 0 aromatic heterocycles. The van der Waals surface area contributed by atoms with Crippen molar-refractivity contribution in [2.75, 3.05) is 0 Å². The first kappa shape index (κ1) is 20.2. The monoisotopic (exact) mass is 295 g/mol. The molecule has 2 atom stereocenters. The van der Waals surface area contributed by atoms with E-state index in [1.807, 2.05) is 0 Å². The van der Waals surface area contributed by atoms with Crippen LogP contribution in [-0.4, -0.2) is 5.91 Å². The summed E-state index contributed by atoms with van der Waals surface area (Å²) in [5.74, 6) is 1.10. The summed E-state index contributed by atoms with van der Waals surface area (Å²) >= 11 is 0. The van der Waals surface area contributed by atoms with Crippen LogP contribution in [-0.2, 0) is 4.79 Å². The van der Waals surface area contributed by atoms with Crippen molar-refractivity contribution in [2.45, 2.75) is 91.9 Å². The summed E-state index contributed by atoms with van der Waals surface area (Å²) in [5, 5.41) is 0. The Morgan fingerprint density at radius 2 is 1.48 bits per heavy atom. The van der Waals surface area contributed by atoms with Crippen molar-refractivity contribution in [3.05, 3.63) is 11.6 Å². The van der Waals surface area contributed by atoms with Crippen LogP contribution in [0.3, 0.4) is 0 Å². The van der Waals surface area contributed by atoms with E-state index in [-0.39, 0.29) is 5.91 Å². The third-order valence-corrected chi connectivity index (χ3v) is 4.61. The Balaban J connectivity index is 4.56. The molecule has 21 heavy (non-hydrogen) atoms. The Bertz CT molecular complexity index is 296. The molecule has 1 amide bonds. The lowest BCUT2D eigenvalue weighted by atomic mass is 9.89. The molecule has 2 nitrogen and oxygen atoms in total. The van der Waals surface area contributed by atoms with Crippen LogP contribution < -0.4 is 5.73 Å². The second-order valence-electron chi connectivity index (χ2n) is 6.37. The smallest absolute Gasteiger partial charge is 0.244 e. The van der Waals surface area contributed by atoms with E-state index in [4.69, 9.17) is 5.73 Å². The molecule has 0 aliphatic heterocycles. The number of carbonyl (C=O) groups excluding carboxylic acids is 1. The Labute approximate surface area is 132 Å². The number of primary amides is 1. The van der Waals surface area contributed by atoms with Gasteiger partial charge in [0.2, 0.25) is 5.91 Å². The quantitative estimate of drug-likeness (QED) is 0.441. The maximum absolute atomic E-state index is 11.7. The van der Waals surface area contributed by atoms with Gasteiger partial charge in [-0.05, 0) is 24.7 Å². The molecule has 0 aromatic rings. The summed E-state index contributed by atoms with van der Waals surface area (Å²) in [6.45, 7) is 8.91. The number of amides is 1. The van der Waals surface area contributed by atoms with Gasteiger partial charge in [0.15, 0.2) is 0 Å². The van der Waals surface area contributed by atoms with Crippen LogP contribution >= 0.6 is 0 Å². The highest BCUT2D eigenvalue weighted by atomic mass is 16.1. The lowest BCUT2D eigenvalue weighted by Gasteiger charge is -2.17. The highest BCUT2D eigenvalue weighted by Gasteiger charge is 2.14. The normalized spacial score (nSPS) is 15.0. The summed E-state index contributed by atoms with van der Waals surface area (Å²) in [7, 11) is 0. The second-order valence-corrected chi connectivity index (χ2v) is 6.37. The van der Waals surface area contributed by atoms with E-state index >= 15 is 0 Å². The Kier molecular flexibility index (Phi) is 12.4. The van der Waals surface area contributed by atoms with Crippen LogP contribution in [0.25, 0.3) is 0 Å². The van der Waals surface area contributed by atoms with Crippen molar-refractivity contribution in [1.82, 2.24) is 0 Å². The molecule has 0 saturated heterocycles. The zero-order valence-electron chi connectivity index (χ0n) is 14.8. The number of carbonyl (C=O) groups is 1. The maximum atomic E-state index is 11.7. The third-order valence-electron chi connectivity index (χ3n) is 4.61. The van der Waals surface area contributed by atoms with Crippen LogP contribution in [0.5, 0.6) is 0 Å². The SMILES string of the molecule is CCCCC(CC)CC=C(CC(CC)CCCC)C(N)=O. The first-order valence-corrected chi connectivity index (χ1v) is 9.07. The molecule has 2 heteroatoms.